The van der Waals surface area contributed by atoms with Crippen LogP contribution in [-0.2, 0) is 13.0 Å². The summed E-state index contributed by atoms with van der Waals surface area (Å²) < 4.78 is 2.28. The van der Waals surface area contributed by atoms with Crippen molar-refractivity contribution in [2.75, 3.05) is 5.73 Å². The molecule has 0 fully saturated rings. The Balaban J connectivity index is 2.06. The second-order valence-corrected chi connectivity index (χ2v) is 4.89. The van der Waals surface area contributed by atoms with Crippen LogP contribution in [0.4, 0.5) is 5.82 Å². The van der Waals surface area contributed by atoms with Crippen molar-refractivity contribution in [1.82, 2.24) is 14.5 Å². The molecule has 3 aromatic rings. The average Bonchev–Trinajstić information content (AvgIpc) is 2.80. The first-order valence-electron chi connectivity index (χ1n) is 6.93. The van der Waals surface area contributed by atoms with Gasteiger partial charge in [-0.05, 0) is 24.6 Å². The van der Waals surface area contributed by atoms with E-state index < -0.39 is 0 Å². The molecule has 102 valence electrons. The third kappa shape index (κ3) is 2.25. The first-order chi connectivity index (χ1) is 9.79. The second kappa shape index (κ2) is 5.33. The van der Waals surface area contributed by atoms with Crippen LogP contribution in [0, 0.1) is 0 Å². The first kappa shape index (κ1) is 12.7. The first-order valence-corrected chi connectivity index (χ1v) is 6.93. The monoisotopic (exact) mass is 266 g/mol. The highest BCUT2D eigenvalue weighted by atomic mass is 15.1. The van der Waals surface area contributed by atoms with Gasteiger partial charge in [-0.3, -0.25) is 0 Å². The highest BCUT2D eigenvalue weighted by Gasteiger charge is 2.11. The van der Waals surface area contributed by atoms with E-state index >= 15 is 0 Å². The van der Waals surface area contributed by atoms with E-state index in [0.717, 1.165) is 29.9 Å². The van der Waals surface area contributed by atoms with E-state index in [2.05, 4.69) is 34.7 Å². The van der Waals surface area contributed by atoms with Crippen LogP contribution in [0.3, 0.4) is 0 Å². The molecule has 2 aromatic heterocycles. The molecule has 0 radical (unpaired) electrons. The zero-order valence-electron chi connectivity index (χ0n) is 11.6. The smallest absolute Gasteiger partial charge is 0.126 e. The van der Waals surface area contributed by atoms with Gasteiger partial charge < -0.3 is 10.3 Å². The Bertz CT molecular complexity index is 730. The maximum Gasteiger partial charge on any atom is 0.126 e. The summed E-state index contributed by atoms with van der Waals surface area (Å²) in [5.41, 5.74) is 9.19. The molecule has 0 amide bonds. The van der Waals surface area contributed by atoms with Gasteiger partial charge in [0, 0.05) is 24.7 Å². The Morgan fingerprint density at radius 3 is 2.80 bits per heavy atom. The number of fused-ring (bicyclic) bond motifs is 1. The van der Waals surface area contributed by atoms with Gasteiger partial charge in [0.1, 0.15) is 11.6 Å². The number of imidazole rings is 1. The van der Waals surface area contributed by atoms with E-state index in [1.165, 1.54) is 5.52 Å². The van der Waals surface area contributed by atoms with Crippen LogP contribution in [0.5, 0.6) is 0 Å². The molecule has 20 heavy (non-hydrogen) atoms. The van der Waals surface area contributed by atoms with Crippen molar-refractivity contribution in [3.8, 4) is 0 Å². The normalized spacial score (nSPS) is 11.1. The van der Waals surface area contributed by atoms with Gasteiger partial charge in [0.05, 0.1) is 11.0 Å². The summed E-state index contributed by atoms with van der Waals surface area (Å²) in [5.74, 6) is 1.63. The van der Waals surface area contributed by atoms with Crippen LogP contribution >= 0.6 is 0 Å². The molecule has 0 aliphatic carbocycles. The minimum atomic E-state index is 0.586. The molecule has 2 heterocycles. The van der Waals surface area contributed by atoms with Gasteiger partial charge in [-0.15, -0.1) is 0 Å². The number of aromatic nitrogens is 3. The largest absolute Gasteiger partial charge is 0.383 e. The minimum absolute atomic E-state index is 0.586. The van der Waals surface area contributed by atoms with Crippen LogP contribution in [0.2, 0.25) is 0 Å². The third-order valence-electron chi connectivity index (χ3n) is 3.46. The summed E-state index contributed by atoms with van der Waals surface area (Å²) in [6.07, 6.45) is 3.51. The molecular formula is C16H18N4. The number of para-hydroxylation sites is 2. The van der Waals surface area contributed by atoms with Gasteiger partial charge in [0.15, 0.2) is 0 Å². The fourth-order valence-corrected chi connectivity index (χ4v) is 2.50. The lowest BCUT2D eigenvalue weighted by Crippen LogP contribution is -2.06. The van der Waals surface area contributed by atoms with E-state index in [4.69, 9.17) is 10.7 Å². The summed E-state index contributed by atoms with van der Waals surface area (Å²) in [4.78, 5) is 8.89. The number of nitrogens with two attached hydrogens (primary N) is 1. The third-order valence-corrected chi connectivity index (χ3v) is 3.46. The summed E-state index contributed by atoms with van der Waals surface area (Å²) in [6.45, 7) is 3.15. The lowest BCUT2D eigenvalue weighted by atomic mass is 10.2. The number of aryl methyl sites for hydroxylation is 1. The molecule has 2 N–H and O–H groups in total. The standard InChI is InChI=1S/C16H18N4/c1-2-10-20-14-8-4-3-7-13(14)19-15(20)11-12-6-5-9-18-16(12)17/h3-9H,2,10-11H2,1H3,(H2,17,18). The van der Waals surface area contributed by atoms with E-state index in [-0.39, 0.29) is 0 Å². The zero-order chi connectivity index (χ0) is 13.9. The van der Waals surface area contributed by atoms with Crippen molar-refractivity contribution < 1.29 is 0 Å². The summed E-state index contributed by atoms with van der Waals surface area (Å²) in [5, 5.41) is 0. The lowest BCUT2D eigenvalue weighted by Gasteiger charge is -2.08. The average molecular weight is 266 g/mol. The molecular weight excluding hydrogens is 248 g/mol. The molecule has 0 unspecified atom stereocenters. The molecule has 4 nitrogen and oxygen atoms in total. The Hall–Kier alpha value is -2.36. The number of hydrogen-bond donors (Lipinski definition) is 1. The van der Waals surface area contributed by atoms with Crippen molar-refractivity contribution in [2.24, 2.45) is 0 Å². The predicted octanol–water partition coefficient (Wildman–Crippen LogP) is 3.01. The van der Waals surface area contributed by atoms with Gasteiger partial charge >= 0.3 is 0 Å². The SMILES string of the molecule is CCCn1c(Cc2cccnc2N)nc2ccccc21. The van der Waals surface area contributed by atoms with Gasteiger partial charge in [-0.1, -0.05) is 25.1 Å². The van der Waals surface area contributed by atoms with Crippen LogP contribution < -0.4 is 5.73 Å². The number of rotatable bonds is 4. The van der Waals surface area contributed by atoms with Crippen LogP contribution in [-0.4, -0.2) is 14.5 Å². The number of nitrogen functional groups attached to an aromatic ring is 1. The quantitative estimate of drug-likeness (QED) is 0.789. The van der Waals surface area contributed by atoms with Gasteiger partial charge in [0.2, 0.25) is 0 Å². The van der Waals surface area contributed by atoms with Crippen molar-refractivity contribution in [3.05, 3.63) is 54.0 Å². The van der Waals surface area contributed by atoms with Gasteiger partial charge in [0.25, 0.3) is 0 Å². The lowest BCUT2D eigenvalue weighted by molar-refractivity contribution is 0.664. The van der Waals surface area contributed by atoms with Crippen LogP contribution in [0.25, 0.3) is 11.0 Å². The molecule has 0 saturated heterocycles. The molecule has 3 rings (SSSR count). The molecule has 0 spiro atoms. The maximum atomic E-state index is 5.94. The number of nitrogens with zero attached hydrogens (tertiary/aromatic N) is 3. The molecule has 0 aliphatic rings. The van der Waals surface area contributed by atoms with E-state index in [0.29, 0.717) is 12.2 Å². The fourth-order valence-electron chi connectivity index (χ4n) is 2.50. The summed E-state index contributed by atoms with van der Waals surface area (Å²) >= 11 is 0. The van der Waals surface area contributed by atoms with E-state index in [9.17, 15) is 0 Å². The molecule has 0 aliphatic heterocycles. The molecule has 0 bridgehead atoms. The predicted molar refractivity (Wildman–Crippen MR) is 81.5 cm³/mol. The van der Waals surface area contributed by atoms with Crippen LogP contribution in [0.1, 0.15) is 24.7 Å². The summed E-state index contributed by atoms with van der Waals surface area (Å²) in [6, 6.07) is 12.2. The Labute approximate surface area is 118 Å². The summed E-state index contributed by atoms with van der Waals surface area (Å²) in [7, 11) is 0. The van der Waals surface area contributed by atoms with E-state index in [1.54, 1.807) is 6.20 Å². The van der Waals surface area contributed by atoms with Crippen molar-refractivity contribution in [1.29, 1.82) is 0 Å². The Morgan fingerprint density at radius 2 is 2.00 bits per heavy atom. The Morgan fingerprint density at radius 1 is 1.15 bits per heavy atom. The molecule has 0 saturated carbocycles. The Kier molecular flexibility index (Phi) is 3.37. The van der Waals surface area contributed by atoms with Gasteiger partial charge in [-0.25, -0.2) is 9.97 Å². The number of pyridine rings is 1. The van der Waals surface area contributed by atoms with E-state index in [1.807, 2.05) is 18.2 Å². The highest BCUT2D eigenvalue weighted by Crippen LogP contribution is 2.20. The fraction of sp³-hybridized carbons (Fsp3) is 0.250. The number of benzene rings is 1. The zero-order valence-corrected chi connectivity index (χ0v) is 11.6. The number of hydrogen-bond acceptors (Lipinski definition) is 3. The van der Waals surface area contributed by atoms with Crippen LogP contribution in [0.15, 0.2) is 42.6 Å². The van der Waals surface area contributed by atoms with Crippen molar-refractivity contribution in [2.45, 2.75) is 26.3 Å². The van der Waals surface area contributed by atoms with Crippen molar-refractivity contribution in [3.63, 3.8) is 0 Å². The highest BCUT2D eigenvalue weighted by molar-refractivity contribution is 5.76. The molecule has 0 atom stereocenters. The maximum absolute atomic E-state index is 5.94. The van der Waals surface area contributed by atoms with Crippen molar-refractivity contribution >= 4 is 16.9 Å². The topological polar surface area (TPSA) is 56.7 Å². The number of anilines is 1. The second-order valence-electron chi connectivity index (χ2n) is 4.89. The molecule has 4 heteroatoms. The molecule has 1 aromatic carbocycles. The minimum Gasteiger partial charge on any atom is -0.383 e. The van der Waals surface area contributed by atoms with Gasteiger partial charge in [-0.2, -0.15) is 0 Å².